The number of aromatic nitrogens is 3. The lowest BCUT2D eigenvalue weighted by Crippen LogP contribution is -2.36. The third kappa shape index (κ3) is 4.09. The van der Waals surface area contributed by atoms with Gasteiger partial charge in [-0.3, -0.25) is 4.98 Å². The molecule has 1 fully saturated rings. The monoisotopic (exact) mass is 412 g/mol. The van der Waals surface area contributed by atoms with Crippen LogP contribution in [0.4, 0.5) is 0 Å². The van der Waals surface area contributed by atoms with E-state index in [-0.39, 0.29) is 6.04 Å². The van der Waals surface area contributed by atoms with Crippen molar-refractivity contribution in [2.24, 2.45) is 0 Å². The summed E-state index contributed by atoms with van der Waals surface area (Å²) >= 11 is 0. The molecular weight excluding hydrogens is 388 g/mol. The molecule has 1 aliphatic heterocycles. The van der Waals surface area contributed by atoms with Gasteiger partial charge < -0.3 is 4.52 Å². The summed E-state index contributed by atoms with van der Waals surface area (Å²) in [5.41, 5.74) is 1.68. The summed E-state index contributed by atoms with van der Waals surface area (Å²) in [4.78, 5) is 8.85. The van der Waals surface area contributed by atoms with E-state index < -0.39 is 10.0 Å². The Bertz CT molecular complexity index is 1070. The molecule has 0 bridgehead atoms. The Labute approximate surface area is 170 Å². The van der Waals surface area contributed by atoms with E-state index >= 15 is 0 Å². The molecule has 152 valence electrons. The molecule has 4 rings (SSSR count). The van der Waals surface area contributed by atoms with Gasteiger partial charge >= 0.3 is 0 Å². The highest BCUT2D eigenvalue weighted by Crippen LogP contribution is 2.30. The van der Waals surface area contributed by atoms with Crippen molar-refractivity contribution in [3.8, 4) is 11.5 Å². The van der Waals surface area contributed by atoms with Crippen LogP contribution < -0.4 is 0 Å². The molecule has 1 saturated heterocycles. The van der Waals surface area contributed by atoms with Crippen LogP contribution in [0.3, 0.4) is 0 Å². The van der Waals surface area contributed by atoms with Crippen LogP contribution in [0.5, 0.6) is 0 Å². The van der Waals surface area contributed by atoms with Crippen LogP contribution in [0, 0.1) is 0 Å². The quantitative estimate of drug-likeness (QED) is 0.590. The molecule has 0 N–H and O–H groups in total. The third-order valence-corrected chi connectivity index (χ3v) is 7.41. The molecule has 2 aromatic heterocycles. The molecule has 0 spiro atoms. The lowest BCUT2D eigenvalue weighted by Gasteiger charge is -2.24. The van der Waals surface area contributed by atoms with E-state index in [2.05, 4.69) is 15.1 Å². The van der Waals surface area contributed by atoms with Crippen molar-refractivity contribution < 1.29 is 12.9 Å². The van der Waals surface area contributed by atoms with Gasteiger partial charge in [0, 0.05) is 37.0 Å². The number of pyridine rings is 1. The zero-order valence-corrected chi connectivity index (χ0v) is 17.2. The summed E-state index contributed by atoms with van der Waals surface area (Å²) in [6, 6.07) is 10.9. The molecule has 8 heteroatoms. The maximum Gasteiger partial charge on any atom is 0.258 e. The van der Waals surface area contributed by atoms with Gasteiger partial charge in [0.2, 0.25) is 10.0 Å². The van der Waals surface area contributed by atoms with Crippen LogP contribution in [0.2, 0.25) is 0 Å². The fraction of sp³-hybridized carbons (Fsp3) is 0.381. The first-order valence-electron chi connectivity index (χ1n) is 9.92. The van der Waals surface area contributed by atoms with Gasteiger partial charge in [0.15, 0.2) is 5.82 Å². The largest absolute Gasteiger partial charge is 0.334 e. The molecule has 7 nitrogen and oxygen atoms in total. The van der Waals surface area contributed by atoms with Gasteiger partial charge in [-0.05, 0) is 49.4 Å². The average Bonchev–Trinajstić information content (AvgIpc) is 3.42. The van der Waals surface area contributed by atoms with Crippen LogP contribution in [0.25, 0.3) is 11.5 Å². The Balaban J connectivity index is 1.47. The Morgan fingerprint density at radius 2 is 1.97 bits per heavy atom. The smallest absolute Gasteiger partial charge is 0.258 e. The number of hydrogen-bond donors (Lipinski definition) is 0. The molecule has 0 saturated carbocycles. The van der Waals surface area contributed by atoms with Crippen molar-refractivity contribution in [1.29, 1.82) is 0 Å². The zero-order chi connectivity index (χ0) is 20.3. The van der Waals surface area contributed by atoms with Crippen molar-refractivity contribution in [3.63, 3.8) is 0 Å². The number of benzene rings is 1. The molecule has 1 aromatic carbocycles. The Kier molecular flexibility index (Phi) is 5.73. The minimum absolute atomic E-state index is 0.0483. The SMILES string of the molecule is CCc1ccccc1S(=O)(=O)N1CCCC1CCc1noc(-c2ccncc2)n1. The predicted octanol–water partition coefficient (Wildman–Crippen LogP) is 3.48. The van der Waals surface area contributed by atoms with E-state index in [1.165, 1.54) is 0 Å². The molecule has 0 radical (unpaired) electrons. The third-order valence-electron chi connectivity index (χ3n) is 5.36. The number of nitrogens with zero attached hydrogens (tertiary/aromatic N) is 4. The van der Waals surface area contributed by atoms with Crippen molar-refractivity contribution in [2.75, 3.05) is 6.54 Å². The van der Waals surface area contributed by atoms with Gasteiger partial charge in [-0.25, -0.2) is 8.42 Å². The maximum absolute atomic E-state index is 13.3. The van der Waals surface area contributed by atoms with Crippen LogP contribution in [0.1, 0.15) is 37.6 Å². The molecule has 1 atom stereocenters. The van der Waals surface area contributed by atoms with Crippen molar-refractivity contribution >= 4 is 10.0 Å². The number of aryl methyl sites for hydroxylation is 2. The predicted molar refractivity (Wildman–Crippen MR) is 109 cm³/mol. The number of rotatable bonds is 7. The van der Waals surface area contributed by atoms with E-state index in [1.807, 2.05) is 31.2 Å². The van der Waals surface area contributed by atoms with Gasteiger partial charge in [-0.15, -0.1) is 0 Å². The van der Waals surface area contributed by atoms with Gasteiger partial charge in [0.1, 0.15) is 0 Å². The summed E-state index contributed by atoms with van der Waals surface area (Å²) in [5.74, 6) is 1.05. The van der Waals surface area contributed by atoms with E-state index in [0.29, 0.717) is 42.4 Å². The highest BCUT2D eigenvalue weighted by molar-refractivity contribution is 7.89. The first-order valence-corrected chi connectivity index (χ1v) is 11.4. The summed E-state index contributed by atoms with van der Waals surface area (Å²) in [7, 11) is -3.51. The fourth-order valence-electron chi connectivity index (χ4n) is 3.85. The molecule has 0 aliphatic carbocycles. The molecular formula is C21H24N4O3S. The topological polar surface area (TPSA) is 89.2 Å². The van der Waals surface area contributed by atoms with E-state index in [1.54, 1.807) is 28.8 Å². The van der Waals surface area contributed by atoms with Crippen LogP contribution >= 0.6 is 0 Å². The van der Waals surface area contributed by atoms with Crippen LogP contribution in [-0.2, 0) is 22.9 Å². The molecule has 0 amide bonds. The second-order valence-electron chi connectivity index (χ2n) is 7.16. The van der Waals surface area contributed by atoms with Crippen LogP contribution in [0.15, 0.2) is 58.2 Å². The molecule has 3 aromatic rings. The average molecular weight is 413 g/mol. The van der Waals surface area contributed by atoms with Crippen molar-refractivity contribution in [3.05, 3.63) is 60.2 Å². The lowest BCUT2D eigenvalue weighted by molar-refractivity contribution is 0.364. The van der Waals surface area contributed by atoms with E-state index in [0.717, 1.165) is 24.0 Å². The summed E-state index contributed by atoms with van der Waals surface area (Å²) in [6.45, 7) is 2.53. The number of sulfonamides is 1. The van der Waals surface area contributed by atoms with Crippen molar-refractivity contribution in [1.82, 2.24) is 19.4 Å². The van der Waals surface area contributed by atoms with Gasteiger partial charge in [0.25, 0.3) is 5.89 Å². The minimum atomic E-state index is -3.51. The van der Waals surface area contributed by atoms with Gasteiger partial charge in [0.05, 0.1) is 4.90 Å². The molecule has 3 heterocycles. The van der Waals surface area contributed by atoms with Crippen molar-refractivity contribution in [2.45, 2.75) is 50.0 Å². The maximum atomic E-state index is 13.3. The zero-order valence-electron chi connectivity index (χ0n) is 16.4. The van der Waals surface area contributed by atoms with E-state index in [4.69, 9.17) is 4.52 Å². The highest BCUT2D eigenvalue weighted by Gasteiger charge is 2.36. The lowest BCUT2D eigenvalue weighted by atomic mass is 10.1. The summed E-state index contributed by atoms with van der Waals surface area (Å²) < 4.78 is 33.6. The Hall–Kier alpha value is -2.58. The van der Waals surface area contributed by atoms with Crippen LogP contribution in [-0.4, -0.2) is 40.4 Å². The first kappa shape index (κ1) is 19.7. The highest BCUT2D eigenvalue weighted by atomic mass is 32.2. The van der Waals surface area contributed by atoms with Gasteiger partial charge in [-0.1, -0.05) is 30.3 Å². The summed E-state index contributed by atoms with van der Waals surface area (Å²) in [6.07, 6.45) is 7.00. The number of hydrogen-bond acceptors (Lipinski definition) is 6. The normalized spacial score (nSPS) is 17.6. The minimum Gasteiger partial charge on any atom is -0.334 e. The van der Waals surface area contributed by atoms with Gasteiger partial charge in [-0.2, -0.15) is 9.29 Å². The fourth-order valence-corrected chi connectivity index (χ4v) is 5.87. The molecule has 1 unspecified atom stereocenters. The Morgan fingerprint density at radius 1 is 1.17 bits per heavy atom. The Morgan fingerprint density at radius 3 is 2.76 bits per heavy atom. The first-order chi connectivity index (χ1) is 14.1. The standard InChI is InChI=1S/C21H24N4O3S/c1-2-16-6-3-4-8-19(16)29(26,27)25-15-5-7-18(25)9-10-20-23-21(28-24-20)17-11-13-22-14-12-17/h3-4,6,8,11-14,18H,2,5,7,9-10,15H2,1H3. The summed E-state index contributed by atoms with van der Waals surface area (Å²) in [5, 5.41) is 4.05. The van der Waals surface area contributed by atoms with E-state index in [9.17, 15) is 8.42 Å². The molecule has 29 heavy (non-hydrogen) atoms. The second kappa shape index (κ2) is 8.42. The second-order valence-corrected chi connectivity index (χ2v) is 9.02. The molecule has 1 aliphatic rings.